The fraction of sp³-hybridized carbons (Fsp3) is 0.500. The molecule has 4 aliphatic carbocycles. The van der Waals surface area contributed by atoms with Crippen molar-refractivity contribution in [2.75, 3.05) is 13.2 Å². The first-order valence-electron chi connectivity index (χ1n) is 11.3. The van der Waals surface area contributed by atoms with Crippen molar-refractivity contribution in [2.24, 2.45) is 23.7 Å². The van der Waals surface area contributed by atoms with Crippen LogP contribution in [0.2, 0.25) is 0 Å². The number of benzene rings is 2. The van der Waals surface area contributed by atoms with Crippen LogP contribution >= 0.6 is 0 Å². The van der Waals surface area contributed by atoms with Crippen molar-refractivity contribution in [3.8, 4) is 5.75 Å². The lowest BCUT2D eigenvalue weighted by Gasteiger charge is -2.63. The molecule has 4 saturated carbocycles. The van der Waals surface area contributed by atoms with E-state index in [9.17, 15) is 9.90 Å². The topological polar surface area (TPSA) is 58.6 Å². The van der Waals surface area contributed by atoms with Gasteiger partial charge in [-0.15, -0.1) is 0 Å². The van der Waals surface area contributed by atoms with Gasteiger partial charge in [0.25, 0.3) is 0 Å². The van der Waals surface area contributed by atoms with Crippen LogP contribution in [0.15, 0.2) is 60.7 Å². The van der Waals surface area contributed by atoms with E-state index in [2.05, 4.69) is 35.6 Å². The van der Waals surface area contributed by atoms with Gasteiger partial charge in [0.05, 0.1) is 12.6 Å². The molecule has 4 nitrogen and oxygen atoms in total. The minimum Gasteiger partial charge on any atom is -0.492 e. The van der Waals surface area contributed by atoms with E-state index in [0.29, 0.717) is 43.2 Å². The Morgan fingerprint density at radius 3 is 2.10 bits per heavy atom. The van der Waals surface area contributed by atoms with Gasteiger partial charge in [-0.25, -0.2) is 0 Å². The Morgan fingerprint density at radius 1 is 0.933 bits per heavy atom. The lowest BCUT2D eigenvalue weighted by atomic mass is 9.42. The summed E-state index contributed by atoms with van der Waals surface area (Å²) in [6.45, 7) is 0.981. The van der Waals surface area contributed by atoms with Gasteiger partial charge in [0.2, 0.25) is 5.91 Å². The number of aliphatic hydroxyl groups excluding tert-OH is 1. The van der Waals surface area contributed by atoms with Gasteiger partial charge in [-0.05, 0) is 67.1 Å². The summed E-state index contributed by atoms with van der Waals surface area (Å²) in [5.41, 5.74) is 1.21. The number of para-hydroxylation sites is 1. The van der Waals surface area contributed by atoms with Gasteiger partial charge in [0.1, 0.15) is 12.4 Å². The molecule has 0 spiro atoms. The van der Waals surface area contributed by atoms with Gasteiger partial charge in [-0.2, -0.15) is 0 Å². The second kappa shape index (κ2) is 8.07. The van der Waals surface area contributed by atoms with Crippen molar-refractivity contribution < 1.29 is 14.6 Å². The molecule has 6 rings (SSSR count). The molecule has 30 heavy (non-hydrogen) atoms. The van der Waals surface area contributed by atoms with E-state index in [0.717, 1.165) is 31.4 Å². The van der Waals surface area contributed by atoms with Crippen LogP contribution in [0.3, 0.4) is 0 Å². The Kier molecular flexibility index (Phi) is 5.28. The summed E-state index contributed by atoms with van der Waals surface area (Å²) < 4.78 is 5.72. The molecule has 0 unspecified atom stereocenters. The first kappa shape index (κ1) is 19.6. The maximum atomic E-state index is 13.1. The summed E-state index contributed by atoms with van der Waals surface area (Å²) in [6, 6.07) is 20.4. The fourth-order valence-corrected chi connectivity index (χ4v) is 6.78. The zero-order chi connectivity index (χ0) is 20.6. The molecule has 158 valence electrons. The predicted octanol–water partition coefficient (Wildman–Crippen LogP) is 3.94. The Balaban J connectivity index is 1.29. The first-order valence-corrected chi connectivity index (χ1v) is 11.3. The zero-order valence-corrected chi connectivity index (χ0v) is 17.4. The van der Waals surface area contributed by atoms with Crippen molar-refractivity contribution in [3.05, 3.63) is 66.2 Å². The molecule has 4 fully saturated rings. The number of hydrogen-bond acceptors (Lipinski definition) is 3. The highest BCUT2D eigenvalue weighted by Crippen LogP contribution is 2.64. The van der Waals surface area contributed by atoms with Gasteiger partial charge in [-0.1, -0.05) is 48.5 Å². The number of aliphatic hydroxyl groups is 1. The van der Waals surface area contributed by atoms with Crippen molar-refractivity contribution in [1.29, 1.82) is 0 Å². The average Bonchev–Trinajstić information content (AvgIpc) is 2.77. The number of hydrogen-bond donors (Lipinski definition) is 2. The van der Waals surface area contributed by atoms with Crippen LogP contribution in [0.5, 0.6) is 5.75 Å². The molecule has 0 aromatic heterocycles. The molecule has 0 heterocycles. The Hall–Kier alpha value is -2.33. The predicted molar refractivity (Wildman–Crippen MR) is 116 cm³/mol. The standard InChI is InChI=1S/C26H31NO3/c28-24(27-11-12-30-23-9-5-2-6-10-23)17-26(20-7-3-1-4-8-20)21-13-18-14-22(26)16-19(15-21)25(18)29/h1-10,18-19,21-22,25,29H,11-17H2,(H,27,28). The fourth-order valence-electron chi connectivity index (χ4n) is 6.78. The van der Waals surface area contributed by atoms with Crippen LogP contribution in [0, 0.1) is 23.7 Å². The third-order valence-electron chi connectivity index (χ3n) is 7.97. The Bertz CT molecular complexity index is 836. The molecule has 2 aromatic rings. The molecule has 4 aliphatic rings. The van der Waals surface area contributed by atoms with Crippen LogP contribution in [0.4, 0.5) is 0 Å². The van der Waals surface area contributed by atoms with Gasteiger partial charge >= 0.3 is 0 Å². The highest BCUT2D eigenvalue weighted by molar-refractivity contribution is 5.78. The Labute approximate surface area is 178 Å². The second-order valence-electron chi connectivity index (χ2n) is 9.44. The largest absolute Gasteiger partial charge is 0.492 e. The maximum Gasteiger partial charge on any atom is 0.221 e. The third-order valence-corrected chi connectivity index (χ3v) is 7.97. The van der Waals surface area contributed by atoms with Crippen molar-refractivity contribution >= 4 is 5.91 Å². The summed E-state index contributed by atoms with van der Waals surface area (Å²) in [7, 11) is 0. The van der Waals surface area contributed by atoms with Crippen molar-refractivity contribution in [2.45, 2.75) is 43.6 Å². The Morgan fingerprint density at radius 2 is 1.50 bits per heavy atom. The molecular weight excluding hydrogens is 374 g/mol. The maximum absolute atomic E-state index is 13.1. The van der Waals surface area contributed by atoms with Crippen molar-refractivity contribution in [3.63, 3.8) is 0 Å². The van der Waals surface area contributed by atoms with Crippen LogP contribution < -0.4 is 10.1 Å². The number of nitrogens with one attached hydrogen (secondary N) is 1. The highest BCUT2D eigenvalue weighted by Gasteiger charge is 2.60. The van der Waals surface area contributed by atoms with Gasteiger partial charge in [0.15, 0.2) is 0 Å². The van der Waals surface area contributed by atoms with Crippen LogP contribution in [0.1, 0.15) is 37.7 Å². The van der Waals surface area contributed by atoms with Crippen LogP contribution in [0.25, 0.3) is 0 Å². The SMILES string of the molecule is O=C(CC1(c2ccccc2)C2CC3CC1CC(C2)C3O)NCCOc1ccccc1. The van der Waals surface area contributed by atoms with Crippen molar-refractivity contribution in [1.82, 2.24) is 5.32 Å². The van der Waals surface area contributed by atoms with E-state index in [1.807, 2.05) is 30.3 Å². The summed E-state index contributed by atoms with van der Waals surface area (Å²) >= 11 is 0. The van der Waals surface area contributed by atoms with Crippen LogP contribution in [-0.4, -0.2) is 30.3 Å². The molecule has 4 bridgehead atoms. The van der Waals surface area contributed by atoms with Gasteiger partial charge in [-0.3, -0.25) is 4.79 Å². The number of amides is 1. The number of carbonyl (C=O) groups excluding carboxylic acids is 1. The normalized spacial score (nSPS) is 34.0. The summed E-state index contributed by atoms with van der Waals surface area (Å²) in [5, 5.41) is 13.7. The summed E-state index contributed by atoms with van der Waals surface area (Å²) in [5.74, 6) is 2.75. The molecule has 1 amide bonds. The van der Waals surface area contributed by atoms with E-state index >= 15 is 0 Å². The van der Waals surface area contributed by atoms with Gasteiger partial charge in [0, 0.05) is 11.8 Å². The quantitative estimate of drug-likeness (QED) is 0.686. The minimum absolute atomic E-state index is 0.0984. The summed E-state index contributed by atoms with van der Waals surface area (Å²) in [4.78, 5) is 13.1. The van der Waals surface area contributed by atoms with E-state index in [4.69, 9.17) is 4.74 Å². The molecule has 2 aromatic carbocycles. The van der Waals surface area contributed by atoms with E-state index in [-0.39, 0.29) is 17.4 Å². The second-order valence-corrected chi connectivity index (χ2v) is 9.44. The van der Waals surface area contributed by atoms with E-state index in [1.54, 1.807) is 0 Å². The molecule has 2 N–H and O–H groups in total. The molecule has 0 aliphatic heterocycles. The molecule has 4 heteroatoms. The van der Waals surface area contributed by atoms with Gasteiger partial charge < -0.3 is 15.2 Å². The lowest BCUT2D eigenvalue weighted by Crippen LogP contribution is -2.61. The third kappa shape index (κ3) is 3.41. The molecule has 0 radical (unpaired) electrons. The number of ether oxygens (including phenoxy) is 1. The van der Waals surface area contributed by atoms with E-state index in [1.165, 1.54) is 5.56 Å². The van der Waals surface area contributed by atoms with Crippen LogP contribution in [-0.2, 0) is 10.2 Å². The average molecular weight is 406 g/mol. The lowest BCUT2D eigenvalue weighted by molar-refractivity contribution is -0.147. The summed E-state index contributed by atoms with van der Waals surface area (Å²) in [6.07, 6.45) is 4.60. The first-order chi connectivity index (χ1) is 14.7. The number of carbonyl (C=O) groups is 1. The highest BCUT2D eigenvalue weighted by atomic mass is 16.5. The molecule has 0 saturated heterocycles. The monoisotopic (exact) mass is 405 g/mol. The number of rotatable bonds is 7. The smallest absolute Gasteiger partial charge is 0.221 e. The minimum atomic E-state index is -0.129. The zero-order valence-electron chi connectivity index (χ0n) is 17.4. The van der Waals surface area contributed by atoms with E-state index < -0.39 is 0 Å². The molecule has 0 atom stereocenters. The molecular formula is C26H31NO3.